The van der Waals surface area contributed by atoms with Crippen LogP contribution >= 0.6 is 0 Å². The number of hydrogen-bond donors (Lipinski definition) is 0. The fourth-order valence-electron chi connectivity index (χ4n) is 8.43. The Labute approximate surface area is 286 Å². The minimum atomic E-state index is -0.387. The largest absolute Gasteiger partial charge is 0.248 e. The van der Waals surface area contributed by atoms with E-state index in [1.54, 1.807) is 0 Å². The number of aromatic nitrogens is 1. The highest BCUT2D eigenvalue weighted by Gasteiger charge is 2.52. The van der Waals surface area contributed by atoms with Gasteiger partial charge in [0.25, 0.3) is 0 Å². The first-order valence-corrected chi connectivity index (χ1v) is 17.0. The van der Waals surface area contributed by atoms with E-state index in [1.807, 2.05) is 0 Å². The lowest BCUT2D eigenvalue weighted by Gasteiger charge is -2.30. The molecule has 0 amide bonds. The molecule has 1 nitrogen and oxygen atoms in total. The first-order chi connectivity index (χ1) is 24.3. The normalized spacial score (nSPS) is 13.1. The minimum absolute atomic E-state index is 0.387. The summed E-state index contributed by atoms with van der Waals surface area (Å²) >= 11 is 0. The number of nitrogens with zero attached hydrogens (tertiary/aromatic N) is 1. The maximum Gasteiger partial charge on any atom is 0.0725 e. The smallest absolute Gasteiger partial charge is 0.0725 e. The molecule has 0 aliphatic heterocycles. The summed E-state index contributed by atoms with van der Waals surface area (Å²) in [4.78, 5) is 5.42. The zero-order valence-corrected chi connectivity index (χ0v) is 26.8. The summed E-state index contributed by atoms with van der Waals surface area (Å²) in [7, 11) is 0. The van der Waals surface area contributed by atoms with Crippen molar-refractivity contribution in [3.8, 4) is 67.0 Å². The van der Waals surface area contributed by atoms with Crippen LogP contribution in [0.25, 0.3) is 67.0 Å². The molecule has 0 saturated carbocycles. The Kier molecular flexibility index (Phi) is 6.16. The van der Waals surface area contributed by atoms with Crippen LogP contribution in [0.5, 0.6) is 0 Å². The van der Waals surface area contributed by atoms with Crippen LogP contribution in [-0.4, -0.2) is 4.98 Å². The molecule has 8 aromatic rings. The monoisotopic (exact) mass is 621 g/mol. The first kappa shape index (κ1) is 27.8. The topological polar surface area (TPSA) is 12.9 Å². The molecule has 2 aliphatic rings. The highest BCUT2D eigenvalue weighted by atomic mass is 14.7. The average molecular weight is 622 g/mol. The molecule has 49 heavy (non-hydrogen) atoms. The van der Waals surface area contributed by atoms with Crippen LogP contribution < -0.4 is 0 Å². The highest BCUT2D eigenvalue weighted by molar-refractivity contribution is 6.00. The maximum absolute atomic E-state index is 5.42. The SMILES string of the molecule is c1ccc(-c2ccc(-c3cc(-c4ccccc4)nc(-c4cccc5c4-c4ccccc4C54c5ccccc5-c5ccccc54)c3)cc2)cc1. The van der Waals surface area contributed by atoms with E-state index in [0.717, 1.165) is 28.1 Å². The number of pyridine rings is 1. The van der Waals surface area contributed by atoms with Gasteiger partial charge in [0.2, 0.25) is 0 Å². The van der Waals surface area contributed by atoms with Crippen LogP contribution in [0.2, 0.25) is 0 Å². The summed E-state index contributed by atoms with van der Waals surface area (Å²) in [6, 6.07) is 68.4. The van der Waals surface area contributed by atoms with Crippen LogP contribution in [-0.2, 0) is 5.41 Å². The van der Waals surface area contributed by atoms with Gasteiger partial charge in [-0.05, 0) is 78.9 Å². The third-order valence-corrected chi connectivity index (χ3v) is 10.5. The van der Waals surface area contributed by atoms with E-state index >= 15 is 0 Å². The van der Waals surface area contributed by atoms with Gasteiger partial charge >= 0.3 is 0 Å². The van der Waals surface area contributed by atoms with Gasteiger partial charge in [-0.1, -0.05) is 176 Å². The molecule has 1 heteroatoms. The van der Waals surface area contributed by atoms with Crippen molar-refractivity contribution in [3.63, 3.8) is 0 Å². The van der Waals surface area contributed by atoms with Crippen molar-refractivity contribution in [2.24, 2.45) is 0 Å². The minimum Gasteiger partial charge on any atom is -0.248 e. The molecule has 1 aromatic heterocycles. The number of hydrogen-bond acceptors (Lipinski definition) is 1. The second-order valence-corrected chi connectivity index (χ2v) is 13.1. The Morgan fingerprint density at radius 1 is 0.286 bits per heavy atom. The van der Waals surface area contributed by atoms with Gasteiger partial charge in [0, 0.05) is 11.1 Å². The summed E-state index contributed by atoms with van der Waals surface area (Å²) in [5.41, 5.74) is 19.1. The highest BCUT2D eigenvalue weighted by Crippen LogP contribution is 2.63. The molecule has 1 spiro atoms. The van der Waals surface area contributed by atoms with Crippen molar-refractivity contribution in [2.75, 3.05) is 0 Å². The van der Waals surface area contributed by atoms with E-state index in [0.29, 0.717) is 0 Å². The first-order valence-electron chi connectivity index (χ1n) is 17.0. The molecule has 0 bridgehead atoms. The van der Waals surface area contributed by atoms with Crippen LogP contribution in [0.3, 0.4) is 0 Å². The summed E-state index contributed by atoms with van der Waals surface area (Å²) < 4.78 is 0. The molecule has 0 unspecified atom stereocenters. The van der Waals surface area contributed by atoms with E-state index in [2.05, 4.69) is 188 Å². The van der Waals surface area contributed by atoms with Crippen LogP contribution in [0.4, 0.5) is 0 Å². The molecule has 10 rings (SSSR count). The van der Waals surface area contributed by atoms with E-state index in [9.17, 15) is 0 Å². The summed E-state index contributed by atoms with van der Waals surface area (Å²) in [5.74, 6) is 0. The molecular weight excluding hydrogens is 591 g/mol. The van der Waals surface area contributed by atoms with Crippen molar-refractivity contribution >= 4 is 0 Å². The zero-order chi connectivity index (χ0) is 32.4. The van der Waals surface area contributed by atoms with E-state index < -0.39 is 0 Å². The number of rotatable bonds is 4. The van der Waals surface area contributed by atoms with Crippen molar-refractivity contribution < 1.29 is 0 Å². The molecule has 7 aromatic carbocycles. The average Bonchev–Trinajstić information content (AvgIpc) is 3.66. The number of fused-ring (bicyclic) bond motifs is 10. The summed E-state index contributed by atoms with van der Waals surface area (Å²) in [6.07, 6.45) is 0. The van der Waals surface area contributed by atoms with Crippen molar-refractivity contribution in [1.29, 1.82) is 0 Å². The Hall–Kier alpha value is -6.31. The molecule has 2 aliphatic carbocycles. The lowest BCUT2D eigenvalue weighted by Crippen LogP contribution is -2.25. The predicted octanol–water partition coefficient (Wildman–Crippen LogP) is 12.1. The molecular formula is C48H31N. The molecule has 0 fully saturated rings. The Morgan fingerprint density at radius 2 is 0.714 bits per heavy atom. The van der Waals surface area contributed by atoms with E-state index in [1.165, 1.54) is 61.2 Å². The lowest BCUT2D eigenvalue weighted by atomic mass is 9.70. The van der Waals surface area contributed by atoms with Crippen molar-refractivity contribution in [2.45, 2.75) is 5.41 Å². The van der Waals surface area contributed by atoms with Crippen molar-refractivity contribution in [3.05, 3.63) is 210 Å². The van der Waals surface area contributed by atoms with Gasteiger partial charge in [-0.25, -0.2) is 4.98 Å². The van der Waals surface area contributed by atoms with Crippen LogP contribution in [0.1, 0.15) is 22.3 Å². The Balaban J connectivity index is 1.22. The molecule has 0 saturated heterocycles. The maximum atomic E-state index is 5.42. The molecule has 0 radical (unpaired) electrons. The van der Waals surface area contributed by atoms with E-state index in [-0.39, 0.29) is 5.41 Å². The van der Waals surface area contributed by atoms with Gasteiger partial charge in [0.05, 0.1) is 16.8 Å². The van der Waals surface area contributed by atoms with Gasteiger partial charge in [-0.2, -0.15) is 0 Å². The second-order valence-electron chi connectivity index (χ2n) is 13.1. The predicted molar refractivity (Wildman–Crippen MR) is 202 cm³/mol. The third-order valence-electron chi connectivity index (χ3n) is 10.5. The second kappa shape index (κ2) is 10.9. The molecule has 0 N–H and O–H groups in total. The van der Waals surface area contributed by atoms with Crippen molar-refractivity contribution in [1.82, 2.24) is 4.98 Å². The summed E-state index contributed by atoms with van der Waals surface area (Å²) in [6.45, 7) is 0. The lowest BCUT2D eigenvalue weighted by molar-refractivity contribution is 0.794. The van der Waals surface area contributed by atoms with Crippen LogP contribution in [0.15, 0.2) is 188 Å². The number of benzene rings is 7. The van der Waals surface area contributed by atoms with Crippen LogP contribution in [0, 0.1) is 0 Å². The van der Waals surface area contributed by atoms with E-state index in [4.69, 9.17) is 4.98 Å². The fraction of sp³-hybridized carbons (Fsp3) is 0.0208. The molecule has 228 valence electrons. The standard InChI is InChI=1S/C48H31N/c1-3-14-32(15-4-1)33-26-28-34(29-27-33)36-30-45(35-16-5-2-6-17-35)49-46(31-36)40-21-13-25-44-47(40)39-20-9-12-24-43(39)48(44)41-22-10-7-18-37(41)38-19-8-11-23-42(38)48/h1-31H. The van der Waals surface area contributed by atoms with Gasteiger partial charge < -0.3 is 0 Å². The fourth-order valence-corrected chi connectivity index (χ4v) is 8.43. The quantitative estimate of drug-likeness (QED) is 0.191. The van der Waals surface area contributed by atoms with Gasteiger partial charge in [-0.15, -0.1) is 0 Å². The summed E-state index contributed by atoms with van der Waals surface area (Å²) in [5, 5.41) is 0. The molecule has 1 heterocycles. The van der Waals surface area contributed by atoms with Gasteiger partial charge in [-0.3, -0.25) is 0 Å². The Bertz CT molecular complexity index is 2480. The van der Waals surface area contributed by atoms with Gasteiger partial charge in [0.15, 0.2) is 0 Å². The van der Waals surface area contributed by atoms with Gasteiger partial charge in [0.1, 0.15) is 0 Å². The molecule has 0 atom stereocenters. The Morgan fingerprint density at radius 3 is 1.35 bits per heavy atom. The third kappa shape index (κ3) is 4.09. The zero-order valence-electron chi connectivity index (χ0n) is 26.8.